The molecular formula is C12H14O3. The number of furan rings is 1. The molecule has 0 amide bonds. The van der Waals surface area contributed by atoms with Crippen LogP contribution in [0.15, 0.2) is 35.0 Å². The number of hydrogen-bond acceptors (Lipinski definition) is 3. The number of hydrogen-bond donors (Lipinski definition) is 0. The van der Waals surface area contributed by atoms with E-state index in [1.54, 1.807) is 6.26 Å². The highest BCUT2D eigenvalue weighted by atomic mass is 16.5. The van der Waals surface area contributed by atoms with Gasteiger partial charge in [-0.2, -0.15) is 0 Å². The molecule has 0 spiro atoms. The Kier molecular flexibility index (Phi) is 2.90. The van der Waals surface area contributed by atoms with E-state index >= 15 is 0 Å². The molecule has 0 unspecified atom stereocenters. The third kappa shape index (κ3) is 2.12. The van der Waals surface area contributed by atoms with Crippen molar-refractivity contribution in [1.82, 2.24) is 0 Å². The van der Waals surface area contributed by atoms with Gasteiger partial charge in [0.1, 0.15) is 5.76 Å². The highest BCUT2D eigenvalue weighted by Gasteiger charge is 2.26. The van der Waals surface area contributed by atoms with E-state index in [-0.39, 0.29) is 17.8 Å². The van der Waals surface area contributed by atoms with Crippen LogP contribution in [-0.4, -0.2) is 13.1 Å². The zero-order valence-corrected chi connectivity index (χ0v) is 8.68. The zero-order chi connectivity index (χ0) is 10.7. The van der Waals surface area contributed by atoms with Crippen LogP contribution < -0.4 is 0 Å². The van der Waals surface area contributed by atoms with Crippen LogP contribution in [0.4, 0.5) is 0 Å². The van der Waals surface area contributed by atoms with Crippen molar-refractivity contribution in [3.63, 3.8) is 0 Å². The van der Waals surface area contributed by atoms with Gasteiger partial charge in [-0.05, 0) is 25.0 Å². The molecule has 0 aliphatic heterocycles. The molecule has 80 valence electrons. The Labute approximate surface area is 88.7 Å². The van der Waals surface area contributed by atoms with E-state index in [0.29, 0.717) is 0 Å². The molecular weight excluding hydrogens is 192 g/mol. The molecule has 1 aromatic rings. The summed E-state index contributed by atoms with van der Waals surface area (Å²) in [7, 11) is 1.43. The lowest BCUT2D eigenvalue weighted by Crippen LogP contribution is -2.20. The van der Waals surface area contributed by atoms with Crippen LogP contribution in [0.25, 0.3) is 0 Å². The molecule has 3 nitrogen and oxygen atoms in total. The average molecular weight is 206 g/mol. The fraction of sp³-hybridized carbons (Fsp3) is 0.417. The summed E-state index contributed by atoms with van der Waals surface area (Å²) in [5.74, 6) is 0.962. The van der Waals surface area contributed by atoms with Gasteiger partial charge in [0, 0.05) is 5.92 Å². The number of ether oxygens (including phenoxy) is 1. The van der Waals surface area contributed by atoms with Crippen LogP contribution >= 0.6 is 0 Å². The molecule has 0 N–H and O–H groups in total. The fourth-order valence-corrected chi connectivity index (χ4v) is 1.96. The van der Waals surface area contributed by atoms with Gasteiger partial charge in [-0.3, -0.25) is 4.79 Å². The first-order valence-electron chi connectivity index (χ1n) is 5.09. The highest BCUT2D eigenvalue weighted by Crippen LogP contribution is 2.32. The lowest BCUT2D eigenvalue weighted by atomic mass is 9.85. The monoisotopic (exact) mass is 206 g/mol. The quantitative estimate of drug-likeness (QED) is 0.551. The van der Waals surface area contributed by atoms with Crippen LogP contribution in [0.3, 0.4) is 0 Å². The molecule has 0 fully saturated rings. The second kappa shape index (κ2) is 4.34. The number of carbonyl (C=O) groups excluding carboxylic acids is 1. The molecule has 0 saturated carbocycles. The Bertz CT molecular complexity index is 351. The minimum atomic E-state index is -0.129. The van der Waals surface area contributed by atoms with Crippen LogP contribution in [-0.2, 0) is 9.53 Å². The average Bonchev–Trinajstić information content (AvgIpc) is 2.82. The molecule has 2 rings (SSSR count). The van der Waals surface area contributed by atoms with Gasteiger partial charge in [0.25, 0.3) is 0 Å². The van der Waals surface area contributed by atoms with Crippen molar-refractivity contribution >= 4 is 5.97 Å². The minimum absolute atomic E-state index is 0.0323. The maximum absolute atomic E-state index is 11.4. The van der Waals surface area contributed by atoms with Crippen molar-refractivity contribution in [1.29, 1.82) is 0 Å². The third-order valence-corrected chi connectivity index (χ3v) is 2.77. The lowest BCUT2D eigenvalue weighted by Gasteiger charge is -2.21. The van der Waals surface area contributed by atoms with Crippen LogP contribution in [0.5, 0.6) is 0 Å². The smallest absolute Gasteiger partial charge is 0.309 e. The van der Waals surface area contributed by atoms with Gasteiger partial charge in [0.05, 0.1) is 19.3 Å². The minimum Gasteiger partial charge on any atom is -0.469 e. The van der Waals surface area contributed by atoms with Crippen molar-refractivity contribution in [3.05, 3.63) is 36.3 Å². The summed E-state index contributed by atoms with van der Waals surface area (Å²) < 4.78 is 10.1. The second-order valence-electron chi connectivity index (χ2n) is 3.74. The summed E-state index contributed by atoms with van der Waals surface area (Å²) in [6, 6.07) is 3.81. The Morgan fingerprint density at radius 2 is 2.47 bits per heavy atom. The SMILES string of the molecule is COC(=O)[C@H]1CC=C[C@H](c2ccco2)C1. The second-order valence-corrected chi connectivity index (χ2v) is 3.74. The van der Waals surface area contributed by atoms with E-state index in [9.17, 15) is 4.79 Å². The van der Waals surface area contributed by atoms with Gasteiger partial charge in [-0.25, -0.2) is 0 Å². The molecule has 3 heteroatoms. The summed E-state index contributed by atoms with van der Waals surface area (Å²) in [5, 5.41) is 0. The number of methoxy groups -OCH3 is 1. The maximum atomic E-state index is 11.4. The molecule has 15 heavy (non-hydrogen) atoms. The molecule has 0 aromatic carbocycles. The molecule has 0 bridgehead atoms. The van der Waals surface area contributed by atoms with Crippen LogP contribution in [0, 0.1) is 5.92 Å². The molecule has 1 aromatic heterocycles. The first kappa shape index (κ1) is 10.0. The summed E-state index contributed by atoms with van der Waals surface area (Å²) in [4.78, 5) is 11.4. The zero-order valence-electron chi connectivity index (χ0n) is 8.68. The Balaban J connectivity index is 2.08. The summed E-state index contributed by atoms with van der Waals surface area (Å²) in [6.45, 7) is 0. The molecule has 1 heterocycles. The van der Waals surface area contributed by atoms with Crippen molar-refractivity contribution < 1.29 is 13.9 Å². The van der Waals surface area contributed by atoms with Gasteiger partial charge in [0.15, 0.2) is 0 Å². The largest absolute Gasteiger partial charge is 0.469 e. The first-order valence-corrected chi connectivity index (χ1v) is 5.09. The number of rotatable bonds is 2. The topological polar surface area (TPSA) is 39.4 Å². The summed E-state index contributed by atoms with van der Waals surface area (Å²) in [6.07, 6.45) is 7.32. The van der Waals surface area contributed by atoms with E-state index in [1.165, 1.54) is 7.11 Å². The molecule has 1 aliphatic carbocycles. The Hall–Kier alpha value is -1.51. The molecule has 1 aliphatic rings. The number of carbonyl (C=O) groups is 1. The van der Waals surface area contributed by atoms with Crippen molar-refractivity contribution in [2.24, 2.45) is 5.92 Å². The van der Waals surface area contributed by atoms with Crippen LogP contribution in [0.2, 0.25) is 0 Å². The standard InChI is InChI=1S/C12H14O3/c1-14-12(13)10-5-2-4-9(8-10)11-6-3-7-15-11/h2-4,6-7,9-10H,5,8H2,1H3/t9-,10-/m0/s1. The number of allylic oxidation sites excluding steroid dienone is 2. The number of esters is 1. The van der Waals surface area contributed by atoms with E-state index in [1.807, 2.05) is 18.2 Å². The van der Waals surface area contributed by atoms with Crippen molar-refractivity contribution in [3.8, 4) is 0 Å². The highest BCUT2D eigenvalue weighted by molar-refractivity contribution is 5.72. The third-order valence-electron chi connectivity index (χ3n) is 2.77. The Morgan fingerprint density at radius 1 is 1.60 bits per heavy atom. The molecule has 2 atom stereocenters. The van der Waals surface area contributed by atoms with Gasteiger partial charge in [-0.15, -0.1) is 0 Å². The van der Waals surface area contributed by atoms with Crippen molar-refractivity contribution in [2.75, 3.05) is 7.11 Å². The Morgan fingerprint density at radius 3 is 3.13 bits per heavy atom. The van der Waals surface area contributed by atoms with E-state index in [4.69, 9.17) is 9.15 Å². The van der Waals surface area contributed by atoms with E-state index < -0.39 is 0 Å². The first-order chi connectivity index (χ1) is 7.31. The van der Waals surface area contributed by atoms with Gasteiger partial charge in [0.2, 0.25) is 0 Å². The van der Waals surface area contributed by atoms with E-state index in [0.717, 1.165) is 18.6 Å². The lowest BCUT2D eigenvalue weighted by molar-refractivity contribution is -0.145. The fourth-order valence-electron chi connectivity index (χ4n) is 1.96. The van der Waals surface area contributed by atoms with Crippen LogP contribution in [0.1, 0.15) is 24.5 Å². The maximum Gasteiger partial charge on any atom is 0.309 e. The molecule has 0 radical (unpaired) electrons. The van der Waals surface area contributed by atoms with E-state index in [2.05, 4.69) is 6.08 Å². The summed E-state index contributed by atoms with van der Waals surface area (Å²) >= 11 is 0. The van der Waals surface area contributed by atoms with Gasteiger partial charge >= 0.3 is 5.97 Å². The molecule has 0 saturated heterocycles. The van der Waals surface area contributed by atoms with Crippen molar-refractivity contribution in [2.45, 2.75) is 18.8 Å². The summed E-state index contributed by atoms with van der Waals surface area (Å²) in [5.41, 5.74) is 0. The van der Waals surface area contributed by atoms with Gasteiger partial charge in [-0.1, -0.05) is 12.2 Å². The predicted molar refractivity (Wildman–Crippen MR) is 55.3 cm³/mol. The predicted octanol–water partition coefficient (Wildman–Crippen LogP) is 2.50. The normalized spacial score (nSPS) is 25.1. The van der Waals surface area contributed by atoms with Gasteiger partial charge < -0.3 is 9.15 Å².